The Hall–Kier alpha value is -4.53. The normalized spacial score (nSPS) is 14.4. The van der Waals surface area contributed by atoms with Crippen LogP contribution in [0.15, 0.2) is 66.3 Å². The highest BCUT2D eigenvalue weighted by molar-refractivity contribution is 7.13. The maximum absolute atomic E-state index is 13.8. The second kappa shape index (κ2) is 19.0. The molecular weight excluding hydrogens is 660 g/mol. The Morgan fingerprint density at radius 1 is 0.900 bits per heavy atom. The van der Waals surface area contributed by atoms with Crippen LogP contribution in [0.2, 0.25) is 0 Å². The number of methoxy groups -OCH3 is 2. The number of aliphatic hydroxyl groups excluding tert-OH is 1. The van der Waals surface area contributed by atoms with Crippen molar-refractivity contribution in [3.63, 3.8) is 0 Å². The van der Waals surface area contributed by atoms with Crippen LogP contribution in [0, 0.1) is 11.3 Å². The van der Waals surface area contributed by atoms with Crippen molar-refractivity contribution in [3.05, 3.63) is 77.4 Å². The molecule has 0 aliphatic rings. The van der Waals surface area contributed by atoms with Crippen molar-refractivity contribution in [1.29, 1.82) is 0 Å². The highest BCUT2D eigenvalue weighted by Crippen LogP contribution is 2.24. The maximum atomic E-state index is 13.8. The monoisotopic (exact) mass is 710 g/mol. The lowest BCUT2D eigenvalue weighted by atomic mass is 9.86. The van der Waals surface area contributed by atoms with E-state index in [0.717, 1.165) is 21.6 Å². The van der Waals surface area contributed by atoms with Gasteiger partial charge in [-0.25, -0.2) is 14.6 Å². The zero-order chi connectivity index (χ0) is 36.8. The van der Waals surface area contributed by atoms with Gasteiger partial charge in [0.25, 0.3) is 5.91 Å². The molecule has 2 aromatic carbocycles. The van der Waals surface area contributed by atoms with Crippen LogP contribution in [0.5, 0.6) is 0 Å². The Morgan fingerprint density at radius 2 is 1.54 bits per heavy atom. The zero-order valence-electron chi connectivity index (χ0n) is 29.8. The fourth-order valence-corrected chi connectivity index (χ4v) is 5.87. The minimum absolute atomic E-state index is 0.104. The number of thiazole rings is 1. The molecular formula is C36H50N6O7S. The summed E-state index contributed by atoms with van der Waals surface area (Å²) in [5.41, 5.74) is 6.66. The number of benzene rings is 2. The molecule has 5 atom stereocenters. The smallest absolute Gasteiger partial charge is 0.407 e. The van der Waals surface area contributed by atoms with Gasteiger partial charge in [-0.1, -0.05) is 95.6 Å². The molecule has 0 saturated carbocycles. The van der Waals surface area contributed by atoms with E-state index in [2.05, 4.69) is 26.4 Å². The molecule has 1 aromatic heterocycles. The van der Waals surface area contributed by atoms with Crippen molar-refractivity contribution in [2.24, 2.45) is 11.3 Å². The van der Waals surface area contributed by atoms with Crippen molar-refractivity contribution >= 4 is 35.3 Å². The lowest BCUT2D eigenvalue weighted by molar-refractivity contribution is -0.132. The highest BCUT2D eigenvalue weighted by Gasteiger charge is 2.35. The molecule has 1 heterocycles. The number of nitrogens with zero attached hydrogens (tertiary/aromatic N) is 2. The fraction of sp³-hybridized carbons (Fsp3) is 0.472. The van der Waals surface area contributed by atoms with E-state index in [0.29, 0.717) is 6.42 Å². The van der Waals surface area contributed by atoms with Crippen molar-refractivity contribution in [2.75, 3.05) is 20.8 Å². The molecule has 0 radical (unpaired) electrons. The largest absolute Gasteiger partial charge is 0.453 e. The third-order valence-corrected chi connectivity index (χ3v) is 9.16. The van der Waals surface area contributed by atoms with Gasteiger partial charge in [0.1, 0.15) is 12.1 Å². The summed E-state index contributed by atoms with van der Waals surface area (Å²) in [5.74, 6) is -1.22. The molecule has 3 rings (SSSR count). The summed E-state index contributed by atoms with van der Waals surface area (Å²) in [6.45, 7) is 9.27. The molecule has 3 aromatic rings. The molecule has 0 fully saturated rings. The first-order chi connectivity index (χ1) is 23.7. The zero-order valence-corrected chi connectivity index (χ0v) is 30.6. The summed E-state index contributed by atoms with van der Waals surface area (Å²) in [6, 6.07) is 14.4. The molecule has 14 heteroatoms. The van der Waals surface area contributed by atoms with Gasteiger partial charge in [-0.3, -0.25) is 20.0 Å². The van der Waals surface area contributed by atoms with Crippen molar-refractivity contribution in [2.45, 2.75) is 78.2 Å². The van der Waals surface area contributed by atoms with Crippen LogP contribution in [-0.2, 0) is 32.0 Å². The first-order valence-electron chi connectivity index (χ1n) is 16.5. The lowest BCUT2D eigenvalue weighted by Gasteiger charge is -2.35. The summed E-state index contributed by atoms with van der Waals surface area (Å²) in [5, 5.41) is 21.6. The summed E-state index contributed by atoms with van der Waals surface area (Å²) >= 11 is 1.52. The predicted octanol–water partition coefficient (Wildman–Crippen LogP) is 4.27. The second-order valence-electron chi connectivity index (χ2n) is 13.2. The quantitative estimate of drug-likeness (QED) is 0.136. The molecule has 272 valence electrons. The number of nitrogens with one attached hydrogen (secondary N) is 4. The molecule has 13 nitrogen and oxygen atoms in total. The standard InChI is InChI=1S/C36H50N6O7S/c1-8-23(2)30(39-34(46)48-6)32(44)38-27(18-24-12-10-9-11-13-24)28(43)21-42(41-33(45)31(36(3,4)5)40-35(47)49-7)20-25-14-16-26(17-15-25)29-19-37-22-50-29/h9-17,19,22-23,27-28,30-31,43H,8,18,20-21H2,1-7H3,(H,38,44)(H,39,46)(H,40,47)(H,41,45). The van der Waals surface area contributed by atoms with Crippen molar-refractivity contribution in [1.82, 2.24) is 31.4 Å². The van der Waals surface area contributed by atoms with Gasteiger partial charge in [0.15, 0.2) is 0 Å². The number of carbonyl (C=O) groups excluding carboxylic acids is 4. The van der Waals surface area contributed by atoms with Gasteiger partial charge in [-0.05, 0) is 34.4 Å². The van der Waals surface area contributed by atoms with Crippen LogP contribution in [-0.4, -0.2) is 84.1 Å². The van der Waals surface area contributed by atoms with E-state index >= 15 is 0 Å². The summed E-state index contributed by atoms with van der Waals surface area (Å²) in [4.78, 5) is 56.9. The van der Waals surface area contributed by atoms with E-state index in [1.54, 1.807) is 16.7 Å². The van der Waals surface area contributed by atoms with Crippen LogP contribution < -0.4 is 21.4 Å². The van der Waals surface area contributed by atoms with Crippen LogP contribution in [0.1, 0.15) is 52.2 Å². The van der Waals surface area contributed by atoms with Crippen molar-refractivity contribution < 1.29 is 33.8 Å². The Bertz CT molecular complexity index is 1520. The lowest BCUT2D eigenvalue weighted by Crippen LogP contribution is -2.60. The second-order valence-corrected chi connectivity index (χ2v) is 14.1. The molecule has 50 heavy (non-hydrogen) atoms. The van der Waals surface area contributed by atoms with E-state index in [4.69, 9.17) is 9.47 Å². The summed E-state index contributed by atoms with van der Waals surface area (Å²) in [6.07, 6.45) is -0.0455. The number of hydrogen-bond donors (Lipinski definition) is 5. The Labute approximate surface area is 298 Å². The third kappa shape index (κ3) is 12.1. The van der Waals surface area contributed by atoms with Gasteiger partial charge >= 0.3 is 12.2 Å². The van der Waals surface area contributed by atoms with Crippen LogP contribution >= 0.6 is 11.3 Å². The number of hydrogen-bond acceptors (Lipinski definition) is 10. The number of ether oxygens (including phenoxy) is 2. The minimum atomic E-state index is -1.20. The predicted molar refractivity (Wildman–Crippen MR) is 192 cm³/mol. The number of alkyl carbamates (subject to hydrolysis) is 2. The van der Waals surface area contributed by atoms with Gasteiger partial charge in [0.2, 0.25) is 5.91 Å². The number of hydrazine groups is 1. The molecule has 5 N–H and O–H groups in total. The van der Waals surface area contributed by atoms with Gasteiger partial charge < -0.3 is 30.5 Å². The topological polar surface area (TPSA) is 171 Å². The first kappa shape index (κ1) is 39.9. The maximum Gasteiger partial charge on any atom is 0.407 e. The third-order valence-electron chi connectivity index (χ3n) is 8.34. The number of aliphatic hydroxyl groups is 1. The minimum Gasteiger partial charge on any atom is -0.453 e. The van der Waals surface area contributed by atoms with E-state index in [1.165, 1.54) is 25.6 Å². The SMILES string of the molecule is CCC(C)C(NC(=O)OC)C(=O)NC(Cc1ccccc1)C(O)CN(Cc1ccc(-c2cncs2)cc1)NC(=O)C(NC(=O)OC)C(C)(C)C. The summed E-state index contributed by atoms with van der Waals surface area (Å²) < 4.78 is 9.53. The van der Waals surface area contributed by atoms with E-state index in [1.807, 2.05) is 89.2 Å². The average Bonchev–Trinajstić information content (AvgIpc) is 3.64. The van der Waals surface area contributed by atoms with Crippen LogP contribution in [0.3, 0.4) is 0 Å². The Morgan fingerprint density at radius 3 is 2.10 bits per heavy atom. The van der Waals surface area contributed by atoms with E-state index in [-0.39, 0.29) is 25.4 Å². The molecule has 0 spiro atoms. The van der Waals surface area contributed by atoms with Crippen LogP contribution in [0.4, 0.5) is 9.59 Å². The molecule has 0 bridgehead atoms. The van der Waals surface area contributed by atoms with E-state index < -0.39 is 53.6 Å². The van der Waals surface area contributed by atoms with Gasteiger partial charge in [0.05, 0.1) is 36.8 Å². The molecule has 4 amide bonds. The first-order valence-corrected chi connectivity index (χ1v) is 17.4. The number of aromatic nitrogens is 1. The molecule has 0 saturated heterocycles. The van der Waals surface area contributed by atoms with Gasteiger partial charge in [-0.2, -0.15) is 0 Å². The molecule has 0 aliphatic heterocycles. The van der Waals surface area contributed by atoms with Gasteiger partial charge in [0, 0.05) is 19.3 Å². The molecule has 5 unspecified atom stereocenters. The fourth-order valence-electron chi connectivity index (χ4n) is 5.24. The number of rotatable bonds is 16. The number of carbonyl (C=O) groups is 4. The Kier molecular flexibility index (Phi) is 15.2. The van der Waals surface area contributed by atoms with Crippen molar-refractivity contribution in [3.8, 4) is 10.4 Å². The molecule has 0 aliphatic carbocycles. The van der Waals surface area contributed by atoms with Crippen LogP contribution in [0.25, 0.3) is 10.4 Å². The average molecular weight is 711 g/mol. The highest BCUT2D eigenvalue weighted by atomic mass is 32.1. The van der Waals surface area contributed by atoms with Gasteiger partial charge in [-0.15, -0.1) is 11.3 Å². The number of amides is 4. The summed E-state index contributed by atoms with van der Waals surface area (Å²) in [7, 11) is 2.45. The van der Waals surface area contributed by atoms with E-state index in [9.17, 15) is 24.3 Å². The Balaban J connectivity index is 1.94.